The van der Waals surface area contributed by atoms with E-state index in [2.05, 4.69) is 37.2 Å². The molecule has 1 aliphatic heterocycles. The average Bonchev–Trinajstić information content (AvgIpc) is 3.26. The summed E-state index contributed by atoms with van der Waals surface area (Å²) in [5.41, 5.74) is 0.168. The van der Waals surface area contributed by atoms with Crippen LogP contribution in [-0.2, 0) is 22.4 Å². The zero-order valence-electron chi connectivity index (χ0n) is 18.7. The Labute approximate surface area is 180 Å². The maximum atomic E-state index is 5.61. The summed E-state index contributed by atoms with van der Waals surface area (Å²) in [6.07, 6.45) is 9.05. The van der Waals surface area contributed by atoms with Crippen molar-refractivity contribution in [3.63, 3.8) is 0 Å². The van der Waals surface area contributed by atoms with Crippen molar-refractivity contribution in [2.45, 2.75) is 57.5 Å². The van der Waals surface area contributed by atoms with Crippen LogP contribution in [0.4, 0.5) is 0 Å². The number of hydrogen-bond acceptors (Lipinski definition) is 6. The second-order valence-electron chi connectivity index (χ2n) is 8.19. The van der Waals surface area contributed by atoms with Gasteiger partial charge in [-0.25, -0.2) is 0 Å². The van der Waals surface area contributed by atoms with Gasteiger partial charge in [0.25, 0.3) is 0 Å². The van der Waals surface area contributed by atoms with Crippen molar-refractivity contribution in [3.8, 4) is 0 Å². The first-order valence-corrected chi connectivity index (χ1v) is 11.5. The maximum Gasteiger partial charge on any atom is 0.191 e. The topological polar surface area (TPSA) is 88.8 Å². The van der Waals surface area contributed by atoms with E-state index < -0.39 is 0 Å². The fourth-order valence-corrected chi connectivity index (χ4v) is 4.53. The lowest BCUT2D eigenvalue weighted by Gasteiger charge is -2.47. The standard InChI is InChI=1S/C21H39N7O2/c1-3-19-26-25-18-27(19)11-9-22-20(23-10-14-29-2)24-17-21(7-5-4-6-8-21)28-12-15-30-16-13-28/h18H,3-17H2,1-2H3,(H2,22,23,24). The Morgan fingerprint density at radius 1 is 1.20 bits per heavy atom. The van der Waals surface area contributed by atoms with Gasteiger partial charge in [-0.15, -0.1) is 10.2 Å². The van der Waals surface area contributed by atoms with Crippen LogP contribution in [0.2, 0.25) is 0 Å². The molecule has 2 aliphatic rings. The number of hydrogen-bond donors (Lipinski definition) is 2. The van der Waals surface area contributed by atoms with E-state index in [9.17, 15) is 0 Å². The van der Waals surface area contributed by atoms with Gasteiger partial charge in [-0.05, 0) is 12.8 Å². The van der Waals surface area contributed by atoms with Crippen molar-refractivity contribution in [1.82, 2.24) is 30.3 Å². The molecular formula is C21H39N7O2. The third-order valence-electron chi connectivity index (χ3n) is 6.25. The number of aryl methyl sites for hydroxylation is 1. The second kappa shape index (κ2) is 12.2. The van der Waals surface area contributed by atoms with Crippen molar-refractivity contribution < 1.29 is 9.47 Å². The Morgan fingerprint density at radius 2 is 1.97 bits per heavy atom. The molecule has 170 valence electrons. The van der Waals surface area contributed by atoms with Crippen LogP contribution in [-0.4, -0.2) is 90.8 Å². The van der Waals surface area contributed by atoms with Gasteiger partial charge >= 0.3 is 0 Å². The molecule has 0 bridgehead atoms. The third-order valence-corrected chi connectivity index (χ3v) is 6.25. The normalized spacial score (nSPS) is 20.3. The molecule has 1 aromatic rings. The van der Waals surface area contributed by atoms with Crippen LogP contribution >= 0.6 is 0 Å². The molecule has 30 heavy (non-hydrogen) atoms. The summed E-state index contributed by atoms with van der Waals surface area (Å²) in [7, 11) is 1.72. The van der Waals surface area contributed by atoms with Crippen LogP contribution < -0.4 is 10.6 Å². The first-order valence-electron chi connectivity index (χ1n) is 11.5. The molecule has 3 rings (SSSR count). The number of nitrogens with one attached hydrogen (secondary N) is 2. The van der Waals surface area contributed by atoms with Gasteiger partial charge in [0.2, 0.25) is 0 Å². The minimum Gasteiger partial charge on any atom is -0.383 e. The van der Waals surface area contributed by atoms with E-state index in [-0.39, 0.29) is 5.54 Å². The number of methoxy groups -OCH3 is 1. The summed E-state index contributed by atoms with van der Waals surface area (Å²) in [6.45, 7) is 9.60. The first kappa shape index (κ1) is 23.0. The van der Waals surface area contributed by atoms with Gasteiger partial charge in [-0.2, -0.15) is 0 Å². The summed E-state index contributed by atoms with van der Waals surface area (Å²) < 4.78 is 12.9. The summed E-state index contributed by atoms with van der Waals surface area (Å²) in [6, 6.07) is 0. The number of rotatable bonds is 10. The molecular weight excluding hydrogens is 382 g/mol. The lowest BCUT2D eigenvalue weighted by atomic mass is 9.80. The Balaban J connectivity index is 1.62. The Morgan fingerprint density at radius 3 is 2.70 bits per heavy atom. The van der Waals surface area contributed by atoms with Crippen LogP contribution in [0.25, 0.3) is 0 Å². The zero-order chi connectivity index (χ0) is 21.1. The predicted octanol–water partition coefficient (Wildman–Crippen LogP) is 1.06. The van der Waals surface area contributed by atoms with Gasteiger partial charge in [0.1, 0.15) is 12.2 Å². The molecule has 9 nitrogen and oxygen atoms in total. The summed E-state index contributed by atoms with van der Waals surface area (Å²) in [4.78, 5) is 7.68. The molecule has 0 aromatic carbocycles. The highest BCUT2D eigenvalue weighted by Crippen LogP contribution is 2.34. The van der Waals surface area contributed by atoms with Gasteiger partial charge in [0.05, 0.1) is 26.4 Å². The Kier molecular flexibility index (Phi) is 9.35. The quantitative estimate of drug-likeness (QED) is 0.332. The maximum absolute atomic E-state index is 5.61. The average molecular weight is 422 g/mol. The molecule has 1 aliphatic carbocycles. The van der Waals surface area contributed by atoms with Crippen LogP contribution in [0.15, 0.2) is 11.3 Å². The lowest BCUT2D eigenvalue weighted by molar-refractivity contribution is -0.0333. The molecule has 0 amide bonds. The van der Waals surface area contributed by atoms with Gasteiger partial charge in [-0.3, -0.25) is 9.89 Å². The van der Waals surface area contributed by atoms with Gasteiger partial charge in [0.15, 0.2) is 5.96 Å². The SMILES string of the molecule is CCc1nncn1CCNC(=NCC1(N2CCOCC2)CCCCC1)NCCOC. The van der Waals surface area contributed by atoms with Crippen molar-refractivity contribution in [1.29, 1.82) is 0 Å². The van der Waals surface area contributed by atoms with Crippen molar-refractivity contribution in [2.75, 3.05) is 59.7 Å². The molecule has 2 heterocycles. The number of guanidine groups is 1. The molecule has 1 saturated heterocycles. The van der Waals surface area contributed by atoms with Gasteiger partial charge < -0.3 is 24.7 Å². The van der Waals surface area contributed by atoms with E-state index in [1.807, 2.05) is 0 Å². The largest absolute Gasteiger partial charge is 0.383 e. The lowest BCUT2D eigenvalue weighted by Crippen LogP contribution is -2.56. The molecule has 0 spiro atoms. The fraction of sp³-hybridized carbons (Fsp3) is 0.857. The summed E-state index contributed by atoms with van der Waals surface area (Å²) >= 11 is 0. The molecule has 1 aromatic heterocycles. The van der Waals surface area contributed by atoms with Gasteiger partial charge in [-0.1, -0.05) is 26.2 Å². The van der Waals surface area contributed by atoms with Crippen molar-refractivity contribution in [3.05, 3.63) is 12.2 Å². The number of nitrogens with zero attached hydrogens (tertiary/aromatic N) is 5. The minimum absolute atomic E-state index is 0.168. The van der Waals surface area contributed by atoms with Crippen molar-refractivity contribution in [2.24, 2.45) is 4.99 Å². The molecule has 0 atom stereocenters. The number of aromatic nitrogens is 3. The third kappa shape index (κ3) is 6.39. The number of ether oxygens (including phenoxy) is 2. The van der Waals surface area contributed by atoms with E-state index >= 15 is 0 Å². The summed E-state index contributed by atoms with van der Waals surface area (Å²) in [5, 5.41) is 15.1. The molecule has 0 radical (unpaired) electrons. The molecule has 9 heteroatoms. The smallest absolute Gasteiger partial charge is 0.191 e. The van der Waals surface area contributed by atoms with E-state index in [4.69, 9.17) is 14.5 Å². The highest BCUT2D eigenvalue weighted by molar-refractivity contribution is 5.79. The predicted molar refractivity (Wildman–Crippen MR) is 118 cm³/mol. The van der Waals surface area contributed by atoms with E-state index in [1.165, 1.54) is 32.1 Å². The summed E-state index contributed by atoms with van der Waals surface area (Å²) in [5.74, 6) is 1.87. The van der Waals surface area contributed by atoms with Crippen LogP contribution in [0.5, 0.6) is 0 Å². The van der Waals surface area contributed by atoms with Crippen LogP contribution in [0, 0.1) is 0 Å². The van der Waals surface area contributed by atoms with E-state index in [1.54, 1.807) is 13.4 Å². The second-order valence-corrected chi connectivity index (χ2v) is 8.19. The van der Waals surface area contributed by atoms with Crippen LogP contribution in [0.1, 0.15) is 44.9 Å². The highest BCUT2D eigenvalue weighted by atomic mass is 16.5. The molecule has 2 N–H and O–H groups in total. The van der Waals surface area contributed by atoms with E-state index in [0.717, 1.165) is 70.7 Å². The van der Waals surface area contributed by atoms with Gasteiger partial charge in [0, 0.05) is 51.8 Å². The van der Waals surface area contributed by atoms with Crippen molar-refractivity contribution >= 4 is 5.96 Å². The Bertz CT molecular complexity index is 637. The van der Waals surface area contributed by atoms with E-state index in [0.29, 0.717) is 6.61 Å². The molecule has 2 fully saturated rings. The molecule has 1 saturated carbocycles. The zero-order valence-corrected chi connectivity index (χ0v) is 18.7. The number of morpholine rings is 1. The Hall–Kier alpha value is -1.71. The monoisotopic (exact) mass is 421 g/mol. The first-order chi connectivity index (χ1) is 14.8. The molecule has 0 unspecified atom stereocenters. The van der Waals surface area contributed by atoms with Crippen LogP contribution in [0.3, 0.4) is 0 Å². The fourth-order valence-electron chi connectivity index (χ4n) is 4.53. The highest BCUT2D eigenvalue weighted by Gasteiger charge is 2.38. The number of aliphatic imine (C=N–C) groups is 1. The minimum atomic E-state index is 0.168.